The topological polar surface area (TPSA) is 117 Å². The Balaban J connectivity index is 2.01. The van der Waals surface area contributed by atoms with Gasteiger partial charge in [-0.05, 0) is 25.1 Å². The van der Waals surface area contributed by atoms with Gasteiger partial charge in [-0.3, -0.25) is 0 Å². The van der Waals surface area contributed by atoms with E-state index < -0.39 is 12.0 Å². The van der Waals surface area contributed by atoms with Gasteiger partial charge in [-0.2, -0.15) is 4.98 Å². The van der Waals surface area contributed by atoms with Crippen LogP contribution in [-0.2, 0) is 6.54 Å². The molecular formula is C12H11ClN4O4. The lowest BCUT2D eigenvalue weighted by Crippen LogP contribution is -2.29. The summed E-state index contributed by atoms with van der Waals surface area (Å²) in [6.07, 6.45) is 0. The van der Waals surface area contributed by atoms with E-state index in [0.29, 0.717) is 5.82 Å². The molecule has 0 atom stereocenters. The third-order valence-electron chi connectivity index (χ3n) is 2.43. The number of nitrogens with one attached hydrogen (secondary N) is 2. The average molecular weight is 311 g/mol. The van der Waals surface area contributed by atoms with Crippen LogP contribution in [0.1, 0.15) is 22.1 Å². The number of carbonyl (C=O) groups is 2. The minimum Gasteiger partial charge on any atom is -0.478 e. The molecule has 3 N–H and O–H groups in total. The van der Waals surface area contributed by atoms with Gasteiger partial charge in [-0.15, -0.1) is 0 Å². The Hall–Kier alpha value is -2.61. The summed E-state index contributed by atoms with van der Waals surface area (Å²) < 4.78 is 4.83. The monoisotopic (exact) mass is 310 g/mol. The first-order valence-corrected chi connectivity index (χ1v) is 6.20. The maximum atomic E-state index is 11.7. The highest BCUT2D eigenvalue weighted by Gasteiger charge is 2.13. The third kappa shape index (κ3) is 3.93. The Bertz CT molecular complexity index is 686. The molecule has 0 aliphatic rings. The van der Waals surface area contributed by atoms with E-state index in [1.165, 1.54) is 18.2 Å². The van der Waals surface area contributed by atoms with Crippen molar-refractivity contribution in [2.24, 2.45) is 0 Å². The molecule has 1 heterocycles. The highest BCUT2D eigenvalue weighted by molar-refractivity contribution is 6.31. The molecule has 1 aromatic heterocycles. The van der Waals surface area contributed by atoms with E-state index in [1.807, 2.05) is 0 Å². The van der Waals surface area contributed by atoms with Crippen LogP contribution < -0.4 is 10.6 Å². The molecule has 2 amide bonds. The van der Waals surface area contributed by atoms with Crippen LogP contribution in [0.5, 0.6) is 0 Å². The fourth-order valence-corrected chi connectivity index (χ4v) is 1.71. The van der Waals surface area contributed by atoms with Crippen LogP contribution in [0, 0.1) is 6.92 Å². The number of hydrogen-bond acceptors (Lipinski definition) is 5. The predicted molar refractivity (Wildman–Crippen MR) is 73.3 cm³/mol. The van der Waals surface area contributed by atoms with Crippen molar-refractivity contribution in [1.82, 2.24) is 15.5 Å². The summed E-state index contributed by atoms with van der Waals surface area (Å²) in [5.74, 6) is -0.490. The van der Waals surface area contributed by atoms with Crippen LogP contribution in [0.2, 0.25) is 5.02 Å². The molecule has 8 nitrogen and oxygen atoms in total. The summed E-state index contributed by atoms with van der Waals surface area (Å²) in [5.41, 5.74) is 0.0254. The van der Waals surface area contributed by atoms with E-state index in [0.717, 1.165) is 0 Å². The summed E-state index contributed by atoms with van der Waals surface area (Å²) in [7, 11) is 0. The molecular weight excluding hydrogens is 300 g/mol. The standard InChI is InChI=1S/C12H11ClN4O4/c1-6-15-10(21-17-6)5-14-12(20)16-9-3-2-7(13)4-8(9)11(18)19/h2-4H,5H2,1H3,(H,18,19)(H2,14,16,20). The van der Waals surface area contributed by atoms with E-state index in [-0.39, 0.29) is 28.7 Å². The number of aryl methyl sites for hydroxylation is 1. The number of carboxylic acids is 1. The number of hydrogen-bond donors (Lipinski definition) is 3. The van der Waals surface area contributed by atoms with Crippen molar-refractivity contribution >= 4 is 29.3 Å². The number of aromatic carboxylic acids is 1. The van der Waals surface area contributed by atoms with E-state index in [9.17, 15) is 9.59 Å². The molecule has 2 aromatic rings. The Labute approximate surface area is 124 Å². The number of carbonyl (C=O) groups excluding carboxylic acids is 1. The smallest absolute Gasteiger partial charge is 0.337 e. The molecule has 0 saturated carbocycles. The fraction of sp³-hybridized carbons (Fsp3) is 0.167. The Kier molecular flexibility index (Phi) is 4.39. The van der Waals surface area contributed by atoms with Crippen LogP contribution in [0.25, 0.3) is 0 Å². The Morgan fingerprint density at radius 2 is 2.19 bits per heavy atom. The molecule has 0 aliphatic heterocycles. The lowest BCUT2D eigenvalue weighted by atomic mass is 10.2. The quantitative estimate of drug-likeness (QED) is 0.795. The molecule has 110 valence electrons. The number of halogens is 1. The number of anilines is 1. The van der Waals surface area contributed by atoms with Gasteiger partial charge in [0.15, 0.2) is 5.82 Å². The van der Waals surface area contributed by atoms with Crippen LogP contribution in [0.3, 0.4) is 0 Å². The number of carboxylic acid groups (broad SMARTS) is 1. The van der Waals surface area contributed by atoms with Crippen LogP contribution in [-0.4, -0.2) is 27.2 Å². The van der Waals surface area contributed by atoms with Crippen LogP contribution >= 0.6 is 11.6 Å². The first-order chi connectivity index (χ1) is 9.95. The number of rotatable bonds is 4. The van der Waals surface area contributed by atoms with Crippen molar-refractivity contribution in [2.75, 3.05) is 5.32 Å². The van der Waals surface area contributed by atoms with E-state index in [1.54, 1.807) is 6.92 Å². The molecule has 1 aromatic carbocycles. The molecule has 0 unspecified atom stereocenters. The van der Waals surface area contributed by atoms with E-state index >= 15 is 0 Å². The van der Waals surface area contributed by atoms with Crippen molar-refractivity contribution in [3.05, 3.63) is 40.5 Å². The van der Waals surface area contributed by atoms with Gasteiger partial charge >= 0.3 is 12.0 Å². The summed E-state index contributed by atoms with van der Waals surface area (Å²) >= 11 is 5.72. The molecule has 9 heteroatoms. The number of amides is 2. The summed E-state index contributed by atoms with van der Waals surface area (Å²) in [6, 6.07) is 3.53. The first kappa shape index (κ1) is 14.8. The van der Waals surface area contributed by atoms with Gasteiger partial charge in [-0.1, -0.05) is 16.8 Å². The van der Waals surface area contributed by atoms with Gasteiger partial charge in [0.05, 0.1) is 17.8 Å². The minimum absolute atomic E-state index is 0.0304. The van der Waals surface area contributed by atoms with Crippen molar-refractivity contribution in [3.8, 4) is 0 Å². The molecule has 0 radical (unpaired) electrons. The minimum atomic E-state index is -1.19. The fourth-order valence-electron chi connectivity index (χ4n) is 1.54. The summed E-state index contributed by atoms with van der Waals surface area (Å²) in [4.78, 5) is 26.7. The van der Waals surface area contributed by atoms with E-state index in [4.69, 9.17) is 21.2 Å². The van der Waals surface area contributed by atoms with Gasteiger partial charge in [-0.25, -0.2) is 9.59 Å². The third-order valence-corrected chi connectivity index (χ3v) is 2.67. The van der Waals surface area contributed by atoms with Gasteiger partial charge in [0, 0.05) is 5.02 Å². The maximum Gasteiger partial charge on any atom is 0.337 e. The number of benzene rings is 1. The first-order valence-electron chi connectivity index (χ1n) is 5.82. The maximum absolute atomic E-state index is 11.7. The van der Waals surface area contributed by atoms with Crippen LogP contribution in [0.15, 0.2) is 22.7 Å². The number of nitrogens with zero attached hydrogens (tertiary/aromatic N) is 2. The van der Waals surface area contributed by atoms with Gasteiger partial charge in [0.1, 0.15) is 0 Å². The largest absolute Gasteiger partial charge is 0.478 e. The summed E-state index contributed by atoms with van der Waals surface area (Å²) in [5, 5.41) is 17.8. The second-order valence-corrected chi connectivity index (χ2v) is 4.47. The molecule has 0 aliphatic carbocycles. The van der Waals surface area contributed by atoms with Crippen molar-refractivity contribution in [2.45, 2.75) is 13.5 Å². The van der Waals surface area contributed by atoms with Gasteiger partial charge in [0.25, 0.3) is 0 Å². The van der Waals surface area contributed by atoms with Gasteiger partial charge < -0.3 is 20.3 Å². The number of urea groups is 1. The zero-order valence-electron chi connectivity index (χ0n) is 10.9. The second kappa shape index (κ2) is 6.23. The molecule has 2 rings (SSSR count). The Morgan fingerprint density at radius 1 is 1.43 bits per heavy atom. The molecule has 21 heavy (non-hydrogen) atoms. The lowest BCUT2D eigenvalue weighted by molar-refractivity contribution is 0.0698. The SMILES string of the molecule is Cc1noc(CNC(=O)Nc2ccc(Cl)cc2C(=O)O)n1. The molecule has 0 bridgehead atoms. The highest BCUT2D eigenvalue weighted by Crippen LogP contribution is 2.20. The van der Waals surface area contributed by atoms with Crippen molar-refractivity contribution in [1.29, 1.82) is 0 Å². The lowest BCUT2D eigenvalue weighted by Gasteiger charge is -2.09. The van der Waals surface area contributed by atoms with Gasteiger partial charge in [0.2, 0.25) is 5.89 Å². The van der Waals surface area contributed by atoms with Crippen molar-refractivity contribution < 1.29 is 19.2 Å². The Morgan fingerprint density at radius 3 is 2.81 bits per heavy atom. The van der Waals surface area contributed by atoms with Crippen molar-refractivity contribution in [3.63, 3.8) is 0 Å². The predicted octanol–water partition coefficient (Wildman–Crippen LogP) is 2.05. The zero-order chi connectivity index (χ0) is 15.4. The van der Waals surface area contributed by atoms with E-state index in [2.05, 4.69) is 20.8 Å². The molecule has 0 spiro atoms. The normalized spacial score (nSPS) is 10.2. The summed E-state index contributed by atoms with van der Waals surface area (Å²) in [6.45, 7) is 1.68. The molecule has 0 fully saturated rings. The average Bonchev–Trinajstić information content (AvgIpc) is 2.84. The zero-order valence-corrected chi connectivity index (χ0v) is 11.6. The number of aromatic nitrogens is 2. The second-order valence-electron chi connectivity index (χ2n) is 4.04. The molecule has 0 saturated heterocycles. The highest BCUT2D eigenvalue weighted by atomic mass is 35.5. The van der Waals surface area contributed by atoms with Crippen LogP contribution in [0.4, 0.5) is 10.5 Å².